The van der Waals surface area contributed by atoms with E-state index in [4.69, 9.17) is 15.0 Å². The van der Waals surface area contributed by atoms with Crippen molar-refractivity contribution in [1.82, 2.24) is 25.0 Å². The maximum Gasteiger partial charge on any atom is 0.293 e. The van der Waals surface area contributed by atoms with Gasteiger partial charge in [-0.25, -0.2) is 18.2 Å². The van der Waals surface area contributed by atoms with E-state index in [1.807, 2.05) is 0 Å². The second kappa shape index (κ2) is 9.95. The third kappa shape index (κ3) is 4.73. The smallest absolute Gasteiger partial charge is 0.293 e. The summed E-state index contributed by atoms with van der Waals surface area (Å²) >= 11 is 0. The first-order valence-electron chi connectivity index (χ1n) is 10.3. The van der Waals surface area contributed by atoms with Crippen LogP contribution in [-0.2, 0) is 20.7 Å². The number of nitrogens with zero attached hydrogens (tertiary/aromatic N) is 5. The minimum absolute atomic E-state index is 0.0496. The van der Waals surface area contributed by atoms with Crippen molar-refractivity contribution in [2.75, 3.05) is 6.54 Å². The van der Waals surface area contributed by atoms with Crippen LogP contribution < -0.4 is 5.73 Å². The molecular formula is C21H19F3N6O4. The molecule has 1 unspecified atom stereocenters. The summed E-state index contributed by atoms with van der Waals surface area (Å²) in [4.78, 5) is 38.1. The predicted molar refractivity (Wildman–Crippen MR) is 108 cm³/mol. The number of rotatable bonds is 8. The molecule has 1 fully saturated rings. The van der Waals surface area contributed by atoms with Gasteiger partial charge in [-0.3, -0.25) is 14.6 Å². The summed E-state index contributed by atoms with van der Waals surface area (Å²) in [5.41, 5.74) is 6.16. The number of carbonyl (C=O) groups is 2. The Hall–Kier alpha value is -3.87. The monoisotopic (exact) mass is 476 g/mol. The molecule has 1 amide bonds. The fourth-order valence-electron chi connectivity index (χ4n) is 3.82. The molecule has 3 atom stereocenters. The first-order valence-corrected chi connectivity index (χ1v) is 10.3. The van der Waals surface area contributed by atoms with Crippen LogP contribution in [0.1, 0.15) is 30.3 Å². The molecule has 3 aromatic rings. The summed E-state index contributed by atoms with van der Waals surface area (Å²) in [6, 6.07) is -0.820. The topological polar surface area (TPSA) is 137 Å². The summed E-state index contributed by atoms with van der Waals surface area (Å²) in [6.07, 6.45) is 3.61. The van der Waals surface area contributed by atoms with E-state index in [0.717, 1.165) is 0 Å². The van der Waals surface area contributed by atoms with Gasteiger partial charge in [0.2, 0.25) is 11.7 Å². The highest BCUT2D eigenvalue weighted by atomic mass is 19.2. The van der Waals surface area contributed by atoms with Crippen LogP contribution in [0.3, 0.4) is 0 Å². The van der Waals surface area contributed by atoms with Crippen molar-refractivity contribution in [3.8, 4) is 11.5 Å². The van der Waals surface area contributed by atoms with Crippen LogP contribution in [-0.4, -0.2) is 56.1 Å². The van der Waals surface area contributed by atoms with Crippen molar-refractivity contribution >= 4 is 12.4 Å². The Bertz CT molecular complexity index is 1180. The molecule has 0 aliphatic carbocycles. The van der Waals surface area contributed by atoms with Crippen molar-refractivity contribution in [3.05, 3.63) is 59.6 Å². The highest BCUT2D eigenvalue weighted by molar-refractivity contribution is 5.83. The molecule has 0 spiro atoms. The number of amides is 1. The number of benzene rings is 1. The molecule has 13 heteroatoms. The summed E-state index contributed by atoms with van der Waals surface area (Å²) in [5.74, 6) is -3.98. The number of hydrogen-bond donors (Lipinski definition) is 1. The van der Waals surface area contributed by atoms with Gasteiger partial charge in [-0.1, -0.05) is 5.16 Å². The molecule has 0 saturated carbocycles. The molecule has 0 radical (unpaired) electrons. The Morgan fingerprint density at radius 1 is 1.26 bits per heavy atom. The lowest BCUT2D eigenvalue weighted by Crippen LogP contribution is -2.50. The van der Waals surface area contributed by atoms with Crippen LogP contribution in [0.5, 0.6) is 0 Å². The van der Waals surface area contributed by atoms with Crippen LogP contribution in [0.2, 0.25) is 0 Å². The molecule has 1 saturated heterocycles. The van der Waals surface area contributed by atoms with E-state index >= 15 is 0 Å². The normalized spacial score (nSPS) is 17.4. The Balaban J connectivity index is 1.53. The van der Waals surface area contributed by atoms with Crippen LogP contribution >= 0.6 is 0 Å². The molecule has 4 rings (SSSR count). The van der Waals surface area contributed by atoms with Crippen molar-refractivity contribution in [3.63, 3.8) is 0 Å². The fraction of sp³-hybridized carbons (Fsp3) is 0.333. The average Bonchev–Trinajstić information content (AvgIpc) is 3.51. The van der Waals surface area contributed by atoms with Gasteiger partial charge in [-0.15, -0.1) is 0 Å². The zero-order valence-corrected chi connectivity index (χ0v) is 17.6. The lowest BCUT2D eigenvalue weighted by Gasteiger charge is -2.29. The lowest BCUT2D eigenvalue weighted by atomic mass is 10.00. The van der Waals surface area contributed by atoms with Gasteiger partial charge in [0.25, 0.3) is 12.4 Å². The number of hydrogen-bond acceptors (Lipinski definition) is 9. The predicted octanol–water partition coefficient (Wildman–Crippen LogP) is 1.72. The highest BCUT2D eigenvalue weighted by Crippen LogP contribution is 2.33. The molecule has 2 aromatic heterocycles. The Labute approximate surface area is 190 Å². The van der Waals surface area contributed by atoms with Gasteiger partial charge in [0.1, 0.15) is 17.6 Å². The maximum atomic E-state index is 14.1. The van der Waals surface area contributed by atoms with Crippen molar-refractivity contribution < 1.29 is 32.0 Å². The standard InChI is InChI=1S/C21H19F3N6O4/c22-12-8-14(24)13(23)6-11(12)7-15(25)18(33-10-31)21(32)30-5-1-2-17(30)20-28-19(29-34-20)16-9-26-3-4-27-16/h3-4,6,8-10,15,17-18H,1-2,5,7,25H2/t15-,17+,18?/m1/s1. The van der Waals surface area contributed by atoms with Crippen LogP contribution in [0.25, 0.3) is 11.5 Å². The number of likely N-dealkylation sites (tertiary alicyclic amines) is 1. The minimum Gasteiger partial charge on any atom is -0.453 e. The maximum absolute atomic E-state index is 14.1. The molecule has 3 heterocycles. The Kier molecular flexibility index (Phi) is 6.82. The number of nitrogens with two attached hydrogens (primary N) is 1. The third-order valence-corrected chi connectivity index (χ3v) is 5.43. The molecule has 2 N–H and O–H groups in total. The molecule has 178 valence electrons. The van der Waals surface area contributed by atoms with Gasteiger partial charge in [-0.2, -0.15) is 4.98 Å². The summed E-state index contributed by atoms with van der Waals surface area (Å²) < 4.78 is 51.1. The quantitative estimate of drug-likeness (QED) is 0.380. The van der Waals surface area contributed by atoms with Crippen LogP contribution in [0.15, 0.2) is 35.2 Å². The zero-order chi connectivity index (χ0) is 24.2. The van der Waals surface area contributed by atoms with Gasteiger partial charge in [0.15, 0.2) is 17.7 Å². The fourth-order valence-corrected chi connectivity index (χ4v) is 3.82. The first kappa shape index (κ1) is 23.3. The summed E-state index contributed by atoms with van der Waals surface area (Å²) in [5, 5.41) is 3.88. The SMILES string of the molecule is N[C@H](Cc1cc(F)c(F)cc1F)C(OC=O)C(=O)N1CCC[C@H]1c1nc(-c2cnccn2)no1. The average molecular weight is 476 g/mol. The largest absolute Gasteiger partial charge is 0.453 e. The van der Waals surface area contributed by atoms with E-state index < -0.39 is 41.5 Å². The Morgan fingerprint density at radius 3 is 2.79 bits per heavy atom. The minimum atomic E-state index is -1.51. The van der Waals surface area contributed by atoms with Gasteiger partial charge in [0, 0.05) is 25.0 Å². The molecule has 34 heavy (non-hydrogen) atoms. The molecule has 1 aliphatic rings. The number of ether oxygens (including phenoxy) is 1. The van der Waals surface area contributed by atoms with E-state index in [1.54, 1.807) is 0 Å². The first-order chi connectivity index (χ1) is 16.4. The third-order valence-electron chi connectivity index (χ3n) is 5.43. The van der Waals surface area contributed by atoms with E-state index in [-0.39, 0.29) is 36.7 Å². The molecular weight excluding hydrogens is 457 g/mol. The van der Waals surface area contributed by atoms with E-state index in [2.05, 4.69) is 20.1 Å². The van der Waals surface area contributed by atoms with Gasteiger partial charge in [0.05, 0.1) is 12.2 Å². The van der Waals surface area contributed by atoms with E-state index in [0.29, 0.717) is 30.7 Å². The van der Waals surface area contributed by atoms with Crippen molar-refractivity contribution in [1.29, 1.82) is 0 Å². The lowest BCUT2D eigenvalue weighted by molar-refractivity contribution is -0.154. The van der Waals surface area contributed by atoms with Crippen LogP contribution in [0, 0.1) is 17.5 Å². The second-order valence-electron chi connectivity index (χ2n) is 7.62. The molecule has 1 aliphatic heterocycles. The zero-order valence-electron chi connectivity index (χ0n) is 17.6. The van der Waals surface area contributed by atoms with E-state index in [1.165, 1.54) is 23.5 Å². The molecule has 0 bridgehead atoms. The summed E-state index contributed by atoms with van der Waals surface area (Å²) in [6.45, 7) is 0.339. The number of aromatic nitrogens is 4. The highest BCUT2D eigenvalue weighted by Gasteiger charge is 2.40. The van der Waals surface area contributed by atoms with Crippen LogP contribution in [0.4, 0.5) is 13.2 Å². The van der Waals surface area contributed by atoms with Gasteiger partial charge >= 0.3 is 0 Å². The van der Waals surface area contributed by atoms with Crippen molar-refractivity contribution in [2.45, 2.75) is 37.5 Å². The van der Waals surface area contributed by atoms with Gasteiger partial charge in [-0.05, 0) is 30.9 Å². The molecule has 1 aromatic carbocycles. The number of carbonyl (C=O) groups excluding carboxylic acids is 2. The van der Waals surface area contributed by atoms with Gasteiger partial charge < -0.3 is 19.9 Å². The Morgan fingerprint density at radius 2 is 2.06 bits per heavy atom. The second-order valence-corrected chi connectivity index (χ2v) is 7.62. The molecule has 10 nitrogen and oxygen atoms in total. The van der Waals surface area contributed by atoms with Crippen molar-refractivity contribution in [2.24, 2.45) is 5.73 Å². The summed E-state index contributed by atoms with van der Waals surface area (Å²) in [7, 11) is 0. The number of halogens is 3. The van der Waals surface area contributed by atoms with E-state index in [9.17, 15) is 22.8 Å².